The third-order valence-electron chi connectivity index (χ3n) is 8.63. The number of amides is 2. The molecular formula is C24H36N4O3. The lowest BCUT2D eigenvalue weighted by atomic mass is 9.60. The number of nitrogens with zero attached hydrogens (tertiary/aromatic N) is 2. The fraction of sp³-hybridized carbons (Fsp3) is 0.792. The molecule has 2 N–H and O–H groups in total. The molecule has 0 aromatic rings. The van der Waals surface area contributed by atoms with Gasteiger partial charge in [0.1, 0.15) is 0 Å². The first-order chi connectivity index (χ1) is 15.1. The topological polar surface area (TPSA) is 83.0 Å². The van der Waals surface area contributed by atoms with Crippen molar-refractivity contribution in [3.8, 4) is 0 Å². The van der Waals surface area contributed by atoms with Crippen molar-refractivity contribution in [3.05, 3.63) is 12.2 Å². The molecule has 4 aliphatic carbocycles. The molecule has 1 saturated heterocycles. The molecule has 1 spiro atoms. The molecular weight excluding hydrogens is 392 g/mol. The zero-order valence-corrected chi connectivity index (χ0v) is 18.8. The van der Waals surface area contributed by atoms with Crippen LogP contribution < -0.4 is 10.6 Å². The lowest BCUT2D eigenvalue weighted by Gasteiger charge is -2.54. The maximum atomic E-state index is 12.8. The molecule has 6 unspecified atom stereocenters. The second-order valence-electron chi connectivity index (χ2n) is 10.00. The minimum absolute atomic E-state index is 0.0500. The normalized spacial score (nSPS) is 37.6. The van der Waals surface area contributed by atoms with Crippen LogP contribution in [0.3, 0.4) is 0 Å². The molecule has 170 valence electrons. The van der Waals surface area contributed by atoms with Crippen LogP contribution in [0.4, 0.5) is 0 Å². The highest BCUT2D eigenvalue weighted by Crippen LogP contribution is 2.55. The smallest absolute Gasteiger partial charge is 0.233 e. The van der Waals surface area contributed by atoms with Crippen LogP contribution in [0, 0.1) is 29.1 Å². The molecule has 0 radical (unpaired) electrons. The number of imide groups is 1. The zero-order chi connectivity index (χ0) is 21.6. The van der Waals surface area contributed by atoms with Crippen molar-refractivity contribution in [2.24, 2.45) is 34.1 Å². The molecule has 1 heterocycles. The Hall–Kier alpha value is -1.89. The summed E-state index contributed by atoms with van der Waals surface area (Å²) in [6, 6.07) is 0.404. The highest BCUT2D eigenvalue weighted by molar-refractivity contribution is 6.06. The molecule has 0 aromatic heterocycles. The van der Waals surface area contributed by atoms with E-state index in [0.29, 0.717) is 25.2 Å². The summed E-state index contributed by atoms with van der Waals surface area (Å²) in [4.78, 5) is 31.5. The average molecular weight is 429 g/mol. The molecule has 7 heteroatoms. The van der Waals surface area contributed by atoms with Gasteiger partial charge in [0, 0.05) is 38.2 Å². The largest absolute Gasteiger partial charge is 0.378 e. The summed E-state index contributed by atoms with van der Waals surface area (Å²) in [5.41, 5.74) is 0.257. The number of allylic oxidation sites excluding steroid dienone is 2. The Morgan fingerprint density at radius 3 is 2.45 bits per heavy atom. The second kappa shape index (κ2) is 8.23. The second-order valence-corrected chi connectivity index (χ2v) is 10.00. The van der Waals surface area contributed by atoms with Gasteiger partial charge in [0.2, 0.25) is 11.8 Å². The summed E-state index contributed by atoms with van der Waals surface area (Å²) in [5.74, 6) is 1.29. The molecule has 2 amide bonds. The monoisotopic (exact) mass is 428 g/mol. The summed E-state index contributed by atoms with van der Waals surface area (Å²) < 4.78 is 6.01. The molecule has 5 aliphatic rings. The van der Waals surface area contributed by atoms with Crippen LogP contribution in [0.5, 0.6) is 0 Å². The van der Waals surface area contributed by atoms with E-state index in [1.165, 1.54) is 30.6 Å². The molecule has 4 fully saturated rings. The van der Waals surface area contributed by atoms with Crippen LogP contribution in [-0.4, -0.2) is 61.6 Å². The van der Waals surface area contributed by atoms with Gasteiger partial charge >= 0.3 is 0 Å². The van der Waals surface area contributed by atoms with Gasteiger partial charge in [-0.25, -0.2) is 0 Å². The number of nitrogens with one attached hydrogen (secondary N) is 2. The third kappa shape index (κ3) is 3.31. The van der Waals surface area contributed by atoms with E-state index in [1.807, 2.05) is 0 Å². The molecule has 6 atom stereocenters. The summed E-state index contributed by atoms with van der Waals surface area (Å²) in [5, 5.41) is 7.02. The Bertz CT molecular complexity index is 758. The Morgan fingerprint density at radius 1 is 1.16 bits per heavy atom. The minimum Gasteiger partial charge on any atom is -0.378 e. The van der Waals surface area contributed by atoms with E-state index in [1.54, 1.807) is 7.05 Å². The van der Waals surface area contributed by atoms with Crippen LogP contribution in [0.25, 0.3) is 0 Å². The first-order valence-electron chi connectivity index (χ1n) is 12.2. The molecule has 0 aromatic carbocycles. The maximum Gasteiger partial charge on any atom is 0.233 e. The lowest BCUT2D eigenvalue weighted by Crippen LogP contribution is -2.65. The van der Waals surface area contributed by atoms with Crippen molar-refractivity contribution >= 4 is 17.8 Å². The summed E-state index contributed by atoms with van der Waals surface area (Å²) in [6.07, 6.45) is 12.4. The number of hydrogen-bond acceptors (Lipinski definition) is 4. The maximum absolute atomic E-state index is 12.8. The number of rotatable bonds is 7. The minimum atomic E-state index is -0.0932. The van der Waals surface area contributed by atoms with Crippen LogP contribution in [-0.2, 0) is 14.3 Å². The Kier molecular flexibility index (Phi) is 5.57. The van der Waals surface area contributed by atoms with Crippen molar-refractivity contribution in [1.82, 2.24) is 15.5 Å². The van der Waals surface area contributed by atoms with E-state index in [4.69, 9.17) is 4.74 Å². The number of aliphatic imine (C=N–C) groups is 1. The highest BCUT2D eigenvalue weighted by Gasteiger charge is 2.59. The van der Waals surface area contributed by atoms with Crippen LogP contribution in [0.15, 0.2) is 17.1 Å². The number of likely N-dealkylation sites (tertiary alicyclic amines) is 1. The molecule has 31 heavy (non-hydrogen) atoms. The average Bonchev–Trinajstić information content (AvgIpc) is 3.55. The van der Waals surface area contributed by atoms with Gasteiger partial charge in [-0.15, -0.1) is 0 Å². The van der Waals surface area contributed by atoms with Gasteiger partial charge in [-0.05, 0) is 50.9 Å². The number of carbonyl (C=O) groups is 2. The van der Waals surface area contributed by atoms with Crippen molar-refractivity contribution in [2.75, 3.05) is 26.7 Å². The lowest BCUT2D eigenvalue weighted by molar-refractivity contribution is -0.140. The first-order valence-corrected chi connectivity index (χ1v) is 12.2. The Labute approximate surface area is 185 Å². The van der Waals surface area contributed by atoms with Crippen molar-refractivity contribution < 1.29 is 14.3 Å². The predicted octanol–water partition coefficient (Wildman–Crippen LogP) is 2.09. The van der Waals surface area contributed by atoms with Gasteiger partial charge in [0.05, 0.1) is 17.9 Å². The number of hydrogen-bond donors (Lipinski definition) is 2. The molecule has 2 bridgehead atoms. The Balaban J connectivity index is 1.09. The van der Waals surface area contributed by atoms with Crippen LogP contribution in [0.2, 0.25) is 0 Å². The summed E-state index contributed by atoms with van der Waals surface area (Å²) in [6.45, 7) is 4.03. The number of fused-ring (bicyclic) bond motifs is 5. The molecule has 7 nitrogen and oxygen atoms in total. The van der Waals surface area contributed by atoms with Crippen molar-refractivity contribution in [1.29, 1.82) is 0 Å². The fourth-order valence-corrected chi connectivity index (χ4v) is 7.08. The molecule has 1 aliphatic heterocycles. The van der Waals surface area contributed by atoms with E-state index in [-0.39, 0.29) is 40.9 Å². The van der Waals surface area contributed by atoms with E-state index < -0.39 is 0 Å². The van der Waals surface area contributed by atoms with Gasteiger partial charge in [-0.1, -0.05) is 25.0 Å². The third-order valence-corrected chi connectivity index (χ3v) is 8.63. The fourth-order valence-electron chi connectivity index (χ4n) is 7.08. The summed E-state index contributed by atoms with van der Waals surface area (Å²) >= 11 is 0. The van der Waals surface area contributed by atoms with Crippen LogP contribution >= 0.6 is 0 Å². The zero-order valence-electron chi connectivity index (χ0n) is 18.8. The van der Waals surface area contributed by atoms with E-state index in [9.17, 15) is 9.59 Å². The van der Waals surface area contributed by atoms with Gasteiger partial charge < -0.3 is 15.4 Å². The molecule has 3 saturated carbocycles. The van der Waals surface area contributed by atoms with E-state index in [0.717, 1.165) is 31.8 Å². The van der Waals surface area contributed by atoms with Gasteiger partial charge in [-0.2, -0.15) is 0 Å². The van der Waals surface area contributed by atoms with Crippen molar-refractivity contribution in [2.45, 2.75) is 64.0 Å². The van der Waals surface area contributed by atoms with E-state index in [2.05, 4.69) is 34.7 Å². The van der Waals surface area contributed by atoms with Crippen molar-refractivity contribution in [3.63, 3.8) is 0 Å². The SMILES string of the molecule is CCOC1CC(NC(=NC)NCCCN2C(=O)C3C4C=CC(C4)C3C2=O)C12CCCC2. The van der Waals surface area contributed by atoms with Gasteiger partial charge in [-0.3, -0.25) is 19.5 Å². The molecule has 5 rings (SSSR count). The highest BCUT2D eigenvalue weighted by atomic mass is 16.5. The Morgan fingerprint density at radius 2 is 1.84 bits per heavy atom. The van der Waals surface area contributed by atoms with Gasteiger partial charge in [0.15, 0.2) is 5.96 Å². The van der Waals surface area contributed by atoms with Crippen LogP contribution in [0.1, 0.15) is 51.9 Å². The standard InChI is InChI=1S/C24H36N4O3/c1-3-31-18-14-17(24(18)9-4-5-10-24)27-23(25-2)26-11-6-12-28-21(29)19-15-7-8-16(13-15)20(19)22(28)30/h7-8,15-20H,3-6,9-14H2,1-2H3,(H2,25,26,27). The predicted molar refractivity (Wildman–Crippen MR) is 118 cm³/mol. The van der Waals surface area contributed by atoms with E-state index >= 15 is 0 Å². The number of guanidine groups is 1. The summed E-state index contributed by atoms with van der Waals surface area (Å²) in [7, 11) is 1.80. The van der Waals surface area contributed by atoms with Gasteiger partial charge in [0.25, 0.3) is 0 Å². The number of carbonyl (C=O) groups excluding carboxylic acids is 2. The quantitative estimate of drug-likeness (QED) is 0.213. The number of ether oxygens (including phenoxy) is 1. The first kappa shape index (κ1) is 21.0.